The average molecular weight is 729 g/mol. The van der Waals surface area contributed by atoms with E-state index in [9.17, 15) is 39.0 Å². The largest absolute Gasteiger partial charge is 0.477 e. The second-order valence-electron chi connectivity index (χ2n) is 12.0. The number of piperazine rings is 1. The van der Waals surface area contributed by atoms with E-state index in [0.29, 0.717) is 10.5 Å². The third kappa shape index (κ3) is 5.76. The summed E-state index contributed by atoms with van der Waals surface area (Å²) in [7, 11) is 0. The van der Waals surface area contributed by atoms with Crippen molar-refractivity contribution >= 4 is 81.2 Å². The molecule has 0 radical (unpaired) electrons. The molecular formula is C32H29FN4O9S3. The Morgan fingerprint density at radius 3 is 2.47 bits per heavy atom. The number of aliphatic carboxylic acids is 1. The molecule has 3 atom stereocenters. The van der Waals surface area contributed by atoms with Crippen molar-refractivity contribution in [3.05, 3.63) is 67.4 Å². The molecule has 1 unspecified atom stereocenters. The minimum absolute atomic E-state index is 0.0166. The zero-order chi connectivity index (χ0) is 34.7. The van der Waals surface area contributed by atoms with Gasteiger partial charge in [-0.1, -0.05) is 17.8 Å². The number of β-lactam (4-membered cyclic amide) rings is 1. The van der Waals surface area contributed by atoms with E-state index >= 15 is 4.39 Å². The van der Waals surface area contributed by atoms with E-state index in [4.69, 9.17) is 4.74 Å². The molecule has 3 aromatic rings. The summed E-state index contributed by atoms with van der Waals surface area (Å²) in [6, 6.07) is 6.31. The Labute approximate surface area is 290 Å². The minimum Gasteiger partial charge on any atom is -0.477 e. The maximum absolute atomic E-state index is 15.4. The normalized spacial score (nSPS) is 21.6. The van der Waals surface area contributed by atoms with Crippen molar-refractivity contribution in [2.45, 2.75) is 35.5 Å². The average Bonchev–Trinajstić information content (AvgIpc) is 3.58. The summed E-state index contributed by atoms with van der Waals surface area (Å²) in [5, 5.41) is 21.1. The highest BCUT2D eigenvalue weighted by Crippen LogP contribution is 2.47. The highest BCUT2D eigenvalue weighted by molar-refractivity contribution is 8.00. The van der Waals surface area contributed by atoms with Gasteiger partial charge in [0.1, 0.15) is 29.5 Å². The van der Waals surface area contributed by atoms with Crippen molar-refractivity contribution in [2.24, 2.45) is 5.92 Å². The van der Waals surface area contributed by atoms with Gasteiger partial charge in [0, 0.05) is 60.6 Å². The molecule has 13 nitrogen and oxygen atoms in total. The topological polar surface area (TPSA) is 167 Å². The second kappa shape index (κ2) is 12.8. The van der Waals surface area contributed by atoms with Crippen LogP contribution in [-0.2, 0) is 25.5 Å². The van der Waals surface area contributed by atoms with Crippen molar-refractivity contribution in [1.82, 2.24) is 14.4 Å². The van der Waals surface area contributed by atoms with Crippen LogP contribution in [0.3, 0.4) is 0 Å². The molecule has 4 aliphatic heterocycles. The summed E-state index contributed by atoms with van der Waals surface area (Å²) in [5.41, 5.74) is -0.402. The van der Waals surface area contributed by atoms with Gasteiger partial charge in [0.05, 0.1) is 32.9 Å². The van der Waals surface area contributed by atoms with Crippen LogP contribution in [0.25, 0.3) is 10.9 Å². The Balaban J connectivity index is 0.985. The van der Waals surface area contributed by atoms with Crippen LogP contribution in [0.1, 0.15) is 34.0 Å². The first kappa shape index (κ1) is 33.2. The summed E-state index contributed by atoms with van der Waals surface area (Å²) in [4.78, 5) is 80.7. The zero-order valence-corrected chi connectivity index (χ0v) is 28.4. The molecule has 17 heteroatoms. The third-order valence-corrected chi connectivity index (χ3v) is 12.5. The number of nitrogens with zero attached hydrogens (tertiary/aromatic N) is 4. The number of carboxylic acid groups (broad SMARTS) is 2. The number of pyridine rings is 1. The SMILES string of the molecule is CC1Sc2c(C(=O)O)c(=O)c3cc(F)c(N4CCN(C(=O)OCC5=C(C(=O)O)N6C(=O)[C@@H](CC(=O)Cc7cccs7)[C@H]6SC5)CC4)cc3n21. The molecule has 2 aromatic heterocycles. The molecule has 2 saturated heterocycles. The van der Waals surface area contributed by atoms with Gasteiger partial charge in [0.25, 0.3) is 0 Å². The van der Waals surface area contributed by atoms with Crippen molar-refractivity contribution < 1.29 is 43.3 Å². The number of hydrogen-bond acceptors (Lipinski definition) is 11. The number of amides is 2. The van der Waals surface area contributed by atoms with Crippen LogP contribution in [0, 0.1) is 11.7 Å². The zero-order valence-electron chi connectivity index (χ0n) is 25.9. The second-order valence-corrected chi connectivity index (χ2v) is 15.5. The van der Waals surface area contributed by atoms with E-state index in [2.05, 4.69) is 0 Å². The molecule has 0 aliphatic carbocycles. The van der Waals surface area contributed by atoms with Gasteiger partial charge in [-0.15, -0.1) is 23.1 Å². The summed E-state index contributed by atoms with van der Waals surface area (Å²) in [5.74, 6) is -4.29. The van der Waals surface area contributed by atoms with Crippen LogP contribution in [0.15, 0.2) is 50.7 Å². The number of aromatic carboxylic acids is 1. The number of Topliss-reactive ketones (excluding diaryl/α,β-unsaturated/α-hetero) is 1. The summed E-state index contributed by atoms with van der Waals surface area (Å²) in [6.45, 7) is 2.34. The van der Waals surface area contributed by atoms with Crippen LogP contribution in [0.4, 0.5) is 14.9 Å². The number of rotatable bonds is 9. The maximum atomic E-state index is 15.4. The molecule has 2 amide bonds. The molecule has 7 rings (SSSR count). The molecular weight excluding hydrogens is 700 g/mol. The molecule has 0 bridgehead atoms. The van der Waals surface area contributed by atoms with Crippen molar-refractivity contribution in [1.29, 1.82) is 0 Å². The van der Waals surface area contributed by atoms with Crippen LogP contribution in [-0.4, -0.2) is 98.2 Å². The first-order valence-electron chi connectivity index (χ1n) is 15.4. The number of aromatic nitrogens is 1. The van der Waals surface area contributed by atoms with Crippen LogP contribution < -0.4 is 10.3 Å². The fraction of sp³-hybridized carbons (Fsp3) is 0.375. The van der Waals surface area contributed by atoms with E-state index in [0.717, 1.165) is 10.9 Å². The number of carbonyl (C=O) groups is 5. The van der Waals surface area contributed by atoms with Gasteiger partial charge < -0.3 is 29.3 Å². The van der Waals surface area contributed by atoms with Gasteiger partial charge in [-0.3, -0.25) is 19.3 Å². The lowest BCUT2D eigenvalue weighted by atomic mass is 9.89. The van der Waals surface area contributed by atoms with E-state index < -0.39 is 46.5 Å². The first-order chi connectivity index (χ1) is 23.4. The van der Waals surface area contributed by atoms with Crippen molar-refractivity contribution in [3.63, 3.8) is 0 Å². The van der Waals surface area contributed by atoms with Gasteiger partial charge in [-0.25, -0.2) is 18.8 Å². The van der Waals surface area contributed by atoms with Crippen molar-refractivity contribution in [3.8, 4) is 0 Å². The Bertz CT molecular complexity index is 2020. The number of fused-ring (bicyclic) bond motifs is 4. The van der Waals surface area contributed by atoms with E-state index in [1.165, 1.54) is 44.7 Å². The predicted octanol–water partition coefficient (Wildman–Crippen LogP) is 3.86. The number of thiophene rings is 1. The Morgan fingerprint density at radius 1 is 1.06 bits per heavy atom. The number of ether oxygens (including phenoxy) is 1. The number of benzene rings is 1. The summed E-state index contributed by atoms with van der Waals surface area (Å²) < 4.78 is 22.6. The predicted molar refractivity (Wildman–Crippen MR) is 180 cm³/mol. The molecule has 2 N–H and O–H groups in total. The number of ketones is 1. The van der Waals surface area contributed by atoms with Crippen molar-refractivity contribution in [2.75, 3.05) is 43.4 Å². The van der Waals surface area contributed by atoms with Gasteiger partial charge >= 0.3 is 18.0 Å². The number of carbonyl (C=O) groups excluding carboxylic acids is 3. The highest BCUT2D eigenvalue weighted by atomic mass is 32.2. The molecule has 256 valence electrons. The van der Waals surface area contributed by atoms with Crippen LogP contribution in [0.5, 0.6) is 0 Å². The number of halogens is 1. The van der Waals surface area contributed by atoms with Crippen LogP contribution >= 0.6 is 34.9 Å². The third-order valence-electron chi connectivity index (χ3n) is 9.10. The van der Waals surface area contributed by atoms with Gasteiger partial charge in [-0.05, 0) is 30.5 Å². The lowest BCUT2D eigenvalue weighted by Crippen LogP contribution is -2.62. The number of thioether (sulfide) groups is 2. The van der Waals surface area contributed by atoms with E-state index in [1.807, 2.05) is 24.4 Å². The lowest BCUT2D eigenvalue weighted by molar-refractivity contribution is -0.154. The molecule has 6 heterocycles. The number of anilines is 1. The standard InChI is InChI=1S/C32H29FN4O9S3/c1-15-36-22-12-23(21(33)11-19(22)26(39)24(30(41)42)29(36)49-15)34-4-6-35(7-5-34)32(45)46-13-16-14-48-28-20(27(40)37(28)25(16)31(43)44)10-17(38)9-18-3-2-8-47-18/h2-3,8,11-12,15,20,28H,4-7,9-10,13-14H2,1H3,(H,41,42)(H,43,44)/t15?,20-,28-/m1/s1. The van der Waals surface area contributed by atoms with Gasteiger partial charge in [-0.2, -0.15) is 0 Å². The Kier molecular flexibility index (Phi) is 8.69. The summed E-state index contributed by atoms with van der Waals surface area (Å²) >= 11 is 4.05. The smallest absolute Gasteiger partial charge is 0.410 e. The Hall–Kier alpha value is -4.35. The van der Waals surface area contributed by atoms with Gasteiger partial charge in [0.15, 0.2) is 0 Å². The quantitative estimate of drug-likeness (QED) is 0.306. The van der Waals surface area contributed by atoms with E-state index in [-0.39, 0.29) is 90.4 Å². The summed E-state index contributed by atoms with van der Waals surface area (Å²) in [6.07, 6.45) is -0.429. The van der Waals surface area contributed by atoms with Crippen LogP contribution in [0.2, 0.25) is 0 Å². The Morgan fingerprint density at radius 2 is 1.82 bits per heavy atom. The molecule has 0 saturated carbocycles. The molecule has 49 heavy (non-hydrogen) atoms. The molecule has 0 spiro atoms. The number of carboxylic acids is 2. The fourth-order valence-electron chi connectivity index (χ4n) is 6.69. The minimum atomic E-state index is -1.36. The van der Waals surface area contributed by atoms with E-state index in [1.54, 1.807) is 15.5 Å². The molecule has 4 aliphatic rings. The lowest BCUT2D eigenvalue weighted by Gasteiger charge is -2.49. The maximum Gasteiger partial charge on any atom is 0.410 e. The van der Waals surface area contributed by atoms with Gasteiger partial charge in [0.2, 0.25) is 11.3 Å². The first-order valence-corrected chi connectivity index (χ1v) is 18.2. The highest BCUT2D eigenvalue weighted by Gasteiger charge is 2.54. The molecule has 2 fully saturated rings. The fourth-order valence-corrected chi connectivity index (χ4v) is 9.97. The number of hydrogen-bond donors (Lipinski definition) is 2. The monoisotopic (exact) mass is 728 g/mol. The molecule has 1 aromatic carbocycles.